The van der Waals surface area contributed by atoms with Gasteiger partial charge in [-0.15, -0.1) is 0 Å². The number of benzene rings is 3. The lowest BCUT2D eigenvalue weighted by atomic mass is 9.72. The molecule has 4 aromatic rings. The van der Waals surface area contributed by atoms with Crippen LogP contribution < -0.4 is 15.4 Å². The number of methoxy groups -OCH3 is 1. The minimum absolute atomic E-state index is 0.0122. The van der Waals surface area contributed by atoms with Crippen molar-refractivity contribution in [1.29, 1.82) is 0 Å². The van der Waals surface area contributed by atoms with Crippen molar-refractivity contribution in [3.05, 3.63) is 100 Å². The van der Waals surface area contributed by atoms with Gasteiger partial charge < -0.3 is 20.4 Å². The summed E-state index contributed by atoms with van der Waals surface area (Å²) in [4.78, 5) is 72.6. The number of aromatic amines is 1. The number of ether oxygens (including phenoxy) is 1. The molecule has 5 atom stereocenters. The van der Waals surface area contributed by atoms with Gasteiger partial charge in [0.05, 0.1) is 24.7 Å². The first-order chi connectivity index (χ1) is 27.5. The second-order valence-electron chi connectivity index (χ2n) is 15.6. The maximum absolute atomic E-state index is 14.9. The zero-order chi connectivity index (χ0) is 42.4. The van der Waals surface area contributed by atoms with Gasteiger partial charge in [0.1, 0.15) is 22.9 Å². The summed E-state index contributed by atoms with van der Waals surface area (Å²) in [6.45, 7) is 7.00. The van der Waals surface area contributed by atoms with Gasteiger partial charge in [0.15, 0.2) is 11.6 Å². The summed E-state index contributed by atoms with van der Waals surface area (Å²) in [5.74, 6) is -4.93. The van der Waals surface area contributed by atoms with Gasteiger partial charge in [-0.05, 0) is 60.1 Å². The lowest BCUT2D eigenvalue weighted by Gasteiger charge is -2.39. The third-order valence-electron chi connectivity index (χ3n) is 11.9. The van der Waals surface area contributed by atoms with Crippen LogP contribution in [0.2, 0.25) is 0 Å². The van der Waals surface area contributed by atoms with E-state index in [9.17, 15) is 41.5 Å². The molecule has 3 aromatic carbocycles. The third-order valence-corrected chi connectivity index (χ3v) is 11.9. The van der Waals surface area contributed by atoms with Crippen molar-refractivity contribution < 1.29 is 46.3 Å². The van der Waals surface area contributed by atoms with Gasteiger partial charge in [-0.3, -0.25) is 24.0 Å². The molecule has 2 unspecified atom stereocenters. The van der Waals surface area contributed by atoms with Gasteiger partial charge in [-0.25, -0.2) is 4.39 Å². The zero-order valence-corrected chi connectivity index (χ0v) is 33.5. The summed E-state index contributed by atoms with van der Waals surface area (Å²) in [7, 11) is 1.47. The molecule has 1 aliphatic carbocycles. The number of nitrogens with one attached hydrogen (secondary N) is 3. The monoisotopic (exact) mass is 805 g/mol. The first-order valence-corrected chi connectivity index (χ1v) is 19.8. The van der Waals surface area contributed by atoms with Crippen molar-refractivity contribution in [2.24, 2.45) is 23.7 Å². The largest absolute Gasteiger partial charge is 0.497 e. The number of hydrogen-bond acceptors (Lipinski definition) is 6. The molecule has 1 heterocycles. The summed E-state index contributed by atoms with van der Waals surface area (Å²) >= 11 is 0. The number of Topliss-reactive ketones (excluding diaryl/α,β-unsaturated/α-hetero) is 3. The fraction of sp³-hybridized carbons (Fsp3) is 0.444. The number of halogens is 4. The predicted octanol–water partition coefficient (Wildman–Crippen LogP) is 8.16. The van der Waals surface area contributed by atoms with Crippen LogP contribution in [0.15, 0.2) is 66.7 Å². The van der Waals surface area contributed by atoms with E-state index in [1.165, 1.54) is 31.4 Å². The predicted molar refractivity (Wildman–Crippen MR) is 212 cm³/mol. The first kappa shape index (κ1) is 43.8. The molecule has 3 N–H and O–H groups in total. The topological polar surface area (TPSA) is 134 Å². The van der Waals surface area contributed by atoms with Crippen molar-refractivity contribution in [2.45, 2.75) is 90.8 Å². The fourth-order valence-corrected chi connectivity index (χ4v) is 7.89. The van der Waals surface area contributed by atoms with Gasteiger partial charge >= 0.3 is 6.18 Å². The molecule has 58 heavy (non-hydrogen) atoms. The minimum atomic E-state index is -4.66. The Kier molecular flexibility index (Phi) is 14.0. The van der Waals surface area contributed by atoms with Gasteiger partial charge in [-0.2, -0.15) is 13.2 Å². The van der Waals surface area contributed by atoms with E-state index >= 15 is 0 Å². The van der Waals surface area contributed by atoms with Crippen LogP contribution in [0.5, 0.6) is 5.75 Å². The molecule has 0 bridgehead atoms. The average Bonchev–Trinajstić information content (AvgIpc) is 3.58. The molecule has 0 saturated carbocycles. The molecule has 9 nitrogen and oxygen atoms in total. The number of para-hydroxylation sites is 1. The average molecular weight is 806 g/mol. The Morgan fingerprint density at radius 2 is 1.55 bits per heavy atom. The minimum Gasteiger partial charge on any atom is -0.497 e. The number of amides is 2. The van der Waals surface area contributed by atoms with E-state index in [1.807, 2.05) is 27.7 Å². The van der Waals surface area contributed by atoms with Crippen molar-refractivity contribution in [1.82, 2.24) is 15.6 Å². The smallest absolute Gasteiger partial charge is 0.418 e. The summed E-state index contributed by atoms with van der Waals surface area (Å²) in [6.07, 6.45) is -4.48. The molecule has 0 saturated heterocycles. The van der Waals surface area contributed by atoms with Crippen LogP contribution in [0.4, 0.5) is 17.6 Å². The Labute approximate surface area is 335 Å². The Hall–Kier alpha value is -5.33. The Morgan fingerprint density at radius 1 is 0.879 bits per heavy atom. The number of aromatic nitrogens is 1. The maximum atomic E-state index is 14.9. The molecule has 2 amide bonds. The normalized spacial score (nSPS) is 17.4. The van der Waals surface area contributed by atoms with E-state index in [4.69, 9.17) is 4.74 Å². The molecular weight excluding hydrogens is 755 g/mol. The van der Waals surface area contributed by atoms with Gasteiger partial charge in [0, 0.05) is 54.2 Å². The van der Waals surface area contributed by atoms with E-state index < -0.39 is 52.5 Å². The van der Waals surface area contributed by atoms with Crippen LogP contribution >= 0.6 is 0 Å². The van der Waals surface area contributed by atoms with Crippen LogP contribution in [0.3, 0.4) is 0 Å². The quantitative estimate of drug-likeness (QED) is 0.0687. The highest BCUT2D eigenvalue weighted by molar-refractivity contribution is 6.01. The number of aryl methyl sites for hydroxylation is 1. The highest BCUT2D eigenvalue weighted by Crippen LogP contribution is 2.41. The van der Waals surface area contributed by atoms with Crippen molar-refractivity contribution >= 4 is 40.1 Å². The van der Waals surface area contributed by atoms with Gasteiger partial charge in [0.2, 0.25) is 11.8 Å². The molecular formula is C45H51F4N3O6. The van der Waals surface area contributed by atoms with Gasteiger partial charge in [0.25, 0.3) is 0 Å². The van der Waals surface area contributed by atoms with E-state index in [0.717, 1.165) is 6.07 Å². The first-order valence-electron chi connectivity index (χ1n) is 19.8. The molecule has 0 radical (unpaired) electrons. The highest BCUT2D eigenvalue weighted by Gasteiger charge is 2.47. The summed E-state index contributed by atoms with van der Waals surface area (Å²) in [5.41, 5.74) is -1.16. The van der Waals surface area contributed by atoms with Gasteiger partial charge in [-0.1, -0.05) is 83.0 Å². The number of hydrogen-bond donors (Lipinski definition) is 3. The number of H-pyrrole nitrogens is 1. The van der Waals surface area contributed by atoms with Crippen LogP contribution in [0.25, 0.3) is 10.9 Å². The third kappa shape index (κ3) is 9.85. The summed E-state index contributed by atoms with van der Waals surface area (Å²) in [6, 6.07) is 16.2. The molecule has 0 fully saturated rings. The second kappa shape index (κ2) is 18.5. The van der Waals surface area contributed by atoms with Crippen LogP contribution in [-0.2, 0) is 44.6 Å². The number of ketones is 3. The van der Waals surface area contributed by atoms with Crippen LogP contribution in [0, 0.1) is 29.5 Å². The SMILES string of the molecule is CCC(C)[C@H](CC(=O)[C@@]1(NC(=O)[C@@H](CC(=O)Cc2ccccc2F)C(C)CC)CCc2[nH]c3c(C(F)(F)F)cccc3c2C1)C(=O)NCC(=O)c1cccc(OC)c1. The Balaban J connectivity index is 1.47. The highest BCUT2D eigenvalue weighted by atomic mass is 19.4. The zero-order valence-electron chi connectivity index (χ0n) is 33.5. The van der Waals surface area contributed by atoms with Crippen LogP contribution in [0.1, 0.15) is 92.5 Å². The lowest BCUT2D eigenvalue weighted by molar-refractivity contribution is -0.139. The Bertz CT molecular complexity index is 2160. The van der Waals surface area contributed by atoms with Crippen LogP contribution in [-0.4, -0.2) is 53.3 Å². The second-order valence-corrected chi connectivity index (χ2v) is 15.6. The lowest BCUT2D eigenvalue weighted by Crippen LogP contribution is -2.60. The molecule has 1 aliphatic rings. The molecule has 310 valence electrons. The number of carbonyl (C=O) groups is 5. The van der Waals surface area contributed by atoms with Crippen molar-refractivity contribution in [2.75, 3.05) is 13.7 Å². The molecule has 0 spiro atoms. The molecule has 1 aromatic heterocycles. The summed E-state index contributed by atoms with van der Waals surface area (Å²) in [5, 5.41) is 5.96. The van der Waals surface area contributed by atoms with E-state index in [2.05, 4.69) is 15.6 Å². The molecule has 13 heteroatoms. The Morgan fingerprint density at radius 3 is 2.21 bits per heavy atom. The molecule has 0 aliphatic heterocycles. The number of fused-ring (bicyclic) bond motifs is 3. The van der Waals surface area contributed by atoms with E-state index in [1.54, 1.807) is 36.4 Å². The van der Waals surface area contributed by atoms with Crippen molar-refractivity contribution in [3.8, 4) is 5.75 Å². The van der Waals surface area contributed by atoms with E-state index in [-0.39, 0.29) is 84.9 Å². The fourth-order valence-electron chi connectivity index (χ4n) is 7.89. The van der Waals surface area contributed by atoms with E-state index in [0.29, 0.717) is 35.4 Å². The molecule has 5 rings (SSSR count). The van der Waals surface area contributed by atoms with Crippen molar-refractivity contribution in [3.63, 3.8) is 0 Å². The summed E-state index contributed by atoms with van der Waals surface area (Å²) < 4.78 is 62.0. The number of alkyl halides is 3. The number of rotatable bonds is 18. The number of carbonyl (C=O) groups excluding carboxylic acids is 5. The maximum Gasteiger partial charge on any atom is 0.418 e. The standard InChI is InChI=1S/C45H51F4N3O6/c1-6-26(3)33(22-30(53)20-28-12-8-9-17-37(28)46)43(57)52-44(19-18-38-35(24-44)32-15-11-16-36(41(32)51-38)45(47,48)49)40(55)23-34(27(4)7-2)42(56)50-25-39(54)29-13-10-14-31(21-29)58-5/h8-17,21,26-27,33-34,51H,6-7,18-20,22-25H2,1-5H3,(H,50,56)(H,52,57)/t26?,27?,33-,34-,44+/m0/s1.